The molecule has 23 heavy (non-hydrogen) atoms. The van der Waals surface area contributed by atoms with Crippen LogP contribution >= 0.6 is 0 Å². The fraction of sp³-hybridized carbons (Fsp3) is 0.267. The van der Waals surface area contributed by atoms with Crippen molar-refractivity contribution in [2.75, 3.05) is 29.5 Å². The van der Waals surface area contributed by atoms with Crippen LogP contribution < -0.4 is 16.4 Å². The number of hydrogen-bond acceptors (Lipinski definition) is 7. The number of benzene rings is 1. The van der Waals surface area contributed by atoms with Crippen LogP contribution in [0.4, 0.5) is 23.1 Å². The highest BCUT2D eigenvalue weighted by atomic mass is 16.3. The van der Waals surface area contributed by atoms with E-state index < -0.39 is 0 Å². The lowest BCUT2D eigenvalue weighted by Gasteiger charge is -2.10. The van der Waals surface area contributed by atoms with Gasteiger partial charge < -0.3 is 26.0 Å². The maximum absolute atomic E-state index is 8.97. The fourth-order valence-corrected chi connectivity index (χ4v) is 2.21. The summed E-state index contributed by atoms with van der Waals surface area (Å²) in [6.07, 6.45) is 1.74. The summed E-state index contributed by atoms with van der Waals surface area (Å²) in [7, 11) is 0. The second-order valence-electron chi connectivity index (χ2n) is 5.00. The molecule has 2 aromatic heterocycles. The molecule has 0 saturated heterocycles. The van der Waals surface area contributed by atoms with Crippen molar-refractivity contribution < 1.29 is 5.11 Å². The molecule has 5 N–H and O–H groups in total. The van der Waals surface area contributed by atoms with Gasteiger partial charge >= 0.3 is 0 Å². The molecule has 3 aromatic rings. The van der Waals surface area contributed by atoms with Gasteiger partial charge in [0, 0.05) is 24.5 Å². The highest BCUT2D eigenvalue weighted by Crippen LogP contribution is 2.24. The maximum atomic E-state index is 8.97. The first kappa shape index (κ1) is 15.0. The third-order valence-electron chi connectivity index (χ3n) is 3.37. The topological polar surface area (TPSA) is 114 Å². The molecule has 0 atom stereocenters. The molecule has 3 rings (SSSR count). The van der Waals surface area contributed by atoms with E-state index in [1.807, 2.05) is 35.8 Å². The minimum absolute atomic E-state index is 0.00909. The average molecular weight is 313 g/mol. The summed E-state index contributed by atoms with van der Waals surface area (Å²) in [6.45, 7) is 3.17. The standard InChI is InChI=1S/C15H19N7O/c1-2-22-9-18-12-13(19-11-5-3-10(16)4-6-11)20-15(17-7-8-23)21-14(12)22/h3-6,9,23H,2,7-8,16H2,1H3,(H2,17,19,20,21). The lowest BCUT2D eigenvalue weighted by molar-refractivity contribution is 0.311. The molecule has 2 heterocycles. The number of nitrogens with two attached hydrogens (primary N) is 1. The fourth-order valence-electron chi connectivity index (χ4n) is 2.21. The third-order valence-corrected chi connectivity index (χ3v) is 3.37. The van der Waals surface area contributed by atoms with Gasteiger partial charge in [-0.05, 0) is 31.2 Å². The van der Waals surface area contributed by atoms with Crippen molar-refractivity contribution in [2.45, 2.75) is 13.5 Å². The van der Waals surface area contributed by atoms with Gasteiger partial charge in [-0.25, -0.2) is 4.98 Å². The Morgan fingerprint density at radius 1 is 1.22 bits per heavy atom. The van der Waals surface area contributed by atoms with Crippen LogP contribution in [0.25, 0.3) is 11.2 Å². The molecule has 0 bridgehead atoms. The molecule has 0 aliphatic heterocycles. The van der Waals surface area contributed by atoms with E-state index in [0.717, 1.165) is 17.9 Å². The predicted molar refractivity (Wildman–Crippen MR) is 90.7 cm³/mol. The summed E-state index contributed by atoms with van der Waals surface area (Å²) in [6, 6.07) is 7.38. The number of nitrogens with one attached hydrogen (secondary N) is 2. The molecule has 8 nitrogen and oxygen atoms in total. The van der Waals surface area contributed by atoms with Crippen LogP contribution in [0.15, 0.2) is 30.6 Å². The van der Waals surface area contributed by atoms with E-state index in [-0.39, 0.29) is 6.61 Å². The maximum Gasteiger partial charge on any atom is 0.226 e. The lowest BCUT2D eigenvalue weighted by atomic mass is 10.3. The lowest BCUT2D eigenvalue weighted by Crippen LogP contribution is -2.10. The molecule has 8 heteroatoms. The first-order chi connectivity index (χ1) is 11.2. The minimum Gasteiger partial charge on any atom is -0.399 e. The van der Waals surface area contributed by atoms with Crippen LogP contribution in [0.3, 0.4) is 0 Å². The summed E-state index contributed by atoms with van der Waals surface area (Å²) in [4.78, 5) is 13.3. The number of anilines is 4. The number of rotatable bonds is 6. The largest absolute Gasteiger partial charge is 0.399 e. The number of imidazole rings is 1. The van der Waals surface area contributed by atoms with Crippen molar-refractivity contribution in [3.05, 3.63) is 30.6 Å². The monoisotopic (exact) mass is 313 g/mol. The summed E-state index contributed by atoms with van der Waals surface area (Å²) >= 11 is 0. The third kappa shape index (κ3) is 3.16. The molecule has 0 aliphatic rings. The molecule has 0 fully saturated rings. The Morgan fingerprint density at radius 3 is 2.70 bits per heavy atom. The van der Waals surface area contributed by atoms with Gasteiger partial charge in [0.2, 0.25) is 5.95 Å². The molecular formula is C15H19N7O. The summed E-state index contributed by atoms with van der Waals surface area (Å²) < 4.78 is 1.94. The smallest absolute Gasteiger partial charge is 0.226 e. The van der Waals surface area contributed by atoms with Gasteiger partial charge in [0.1, 0.15) is 0 Å². The Labute approximate surface area is 133 Å². The normalized spacial score (nSPS) is 10.9. The average Bonchev–Trinajstić information content (AvgIpc) is 2.98. The van der Waals surface area contributed by atoms with Crippen LogP contribution in [-0.4, -0.2) is 37.8 Å². The van der Waals surface area contributed by atoms with Crippen LogP contribution in [0, 0.1) is 0 Å². The van der Waals surface area contributed by atoms with Gasteiger partial charge in [0.25, 0.3) is 0 Å². The van der Waals surface area contributed by atoms with Gasteiger partial charge in [0.05, 0.1) is 12.9 Å². The Morgan fingerprint density at radius 2 is 2.00 bits per heavy atom. The van der Waals surface area contributed by atoms with E-state index in [1.54, 1.807) is 6.33 Å². The quantitative estimate of drug-likeness (QED) is 0.511. The molecule has 120 valence electrons. The molecule has 0 amide bonds. The molecule has 0 spiro atoms. The zero-order valence-corrected chi connectivity index (χ0v) is 12.8. The van der Waals surface area contributed by atoms with E-state index in [1.165, 1.54) is 0 Å². The summed E-state index contributed by atoms with van der Waals surface area (Å²) in [5.41, 5.74) is 8.70. The highest BCUT2D eigenvalue weighted by molar-refractivity contribution is 5.86. The molecule has 0 unspecified atom stereocenters. The second-order valence-corrected chi connectivity index (χ2v) is 5.00. The molecule has 0 radical (unpaired) electrons. The van der Waals surface area contributed by atoms with Crippen molar-refractivity contribution in [2.24, 2.45) is 0 Å². The molecule has 1 aromatic carbocycles. The van der Waals surface area contributed by atoms with Crippen molar-refractivity contribution in [3.8, 4) is 0 Å². The van der Waals surface area contributed by atoms with Gasteiger partial charge in [-0.2, -0.15) is 9.97 Å². The number of hydrogen-bond donors (Lipinski definition) is 4. The molecule has 0 saturated carbocycles. The zero-order chi connectivity index (χ0) is 16.2. The van der Waals surface area contributed by atoms with Crippen molar-refractivity contribution in [1.82, 2.24) is 19.5 Å². The number of nitrogens with zero attached hydrogens (tertiary/aromatic N) is 4. The Kier molecular flexibility index (Phi) is 4.24. The van der Waals surface area contributed by atoms with Gasteiger partial charge in [-0.15, -0.1) is 0 Å². The zero-order valence-electron chi connectivity index (χ0n) is 12.8. The van der Waals surface area contributed by atoms with Crippen molar-refractivity contribution >= 4 is 34.3 Å². The summed E-state index contributed by atoms with van der Waals surface area (Å²) in [5, 5.41) is 15.2. The van der Waals surface area contributed by atoms with E-state index >= 15 is 0 Å². The first-order valence-electron chi connectivity index (χ1n) is 7.41. The first-order valence-corrected chi connectivity index (χ1v) is 7.41. The number of fused-ring (bicyclic) bond motifs is 1. The van der Waals surface area contributed by atoms with Gasteiger partial charge in [0.15, 0.2) is 17.0 Å². The second kappa shape index (κ2) is 6.49. The van der Waals surface area contributed by atoms with E-state index in [4.69, 9.17) is 10.8 Å². The Bertz CT molecular complexity index is 797. The minimum atomic E-state index is 0.00909. The van der Waals surface area contributed by atoms with E-state index in [0.29, 0.717) is 29.5 Å². The van der Waals surface area contributed by atoms with Crippen LogP contribution in [0.2, 0.25) is 0 Å². The number of nitrogen functional groups attached to an aromatic ring is 1. The molecule has 0 aliphatic carbocycles. The van der Waals surface area contributed by atoms with Crippen LogP contribution in [0.1, 0.15) is 6.92 Å². The van der Waals surface area contributed by atoms with Gasteiger partial charge in [-0.3, -0.25) is 0 Å². The van der Waals surface area contributed by atoms with Gasteiger partial charge in [-0.1, -0.05) is 0 Å². The number of aliphatic hydroxyl groups is 1. The van der Waals surface area contributed by atoms with E-state index in [2.05, 4.69) is 25.6 Å². The number of aryl methyl sites for hydroxylation is 1. The number of aromatic nitrogens is 4. The number of aliphatic hydroxyl groups excluding tert-OH is 1. The Balaban J connectivity index is 2.02. The van der Waals surface area contributed by atoms with Crippen LogP contribution in [-0.2, 0) is 6.54 Å². The highest BCUT2D eigenvalue weighted by Gasteiger charge is 2.13. The Hall–Kier alpha value is -2.87. The van der Waals surface area contributed by atoms with Crippen molar-refractivity contribution in [1.29, 1.82) is 0 Å². The summed E-state index contributed by atoms with van der Waals surface area (Å²) in [5.74, 6) is 1.05. The van der Waals surface area contributed by atoms with Crippen LogP contribution in [0.5, 0.6) is 0 Å². The van der Waals surface area contributed by atoms with Crippen molar-refractivity contribution in [3.63, 3.8) is 0 Å². The predicted octanol–water partition coefficient (Wildman–Crippen LogP) is 1.58. The SMILES string of the molecule is CCn1cnc2c(Nc3ccc(N)cc3)nc(NCCO)nc21. The molecular weight excluding hydrogens is 294 g/mol. The van der Waals surface area contributed by atoms with E-state index in [9.17, 15) is 0 Å².